The summed E-state index contributed by atoms with van der Waals surface area (Å²) in [5.74, 6) is -0.120. The molecule has 2 aromatic carbocycles. The Morgan fingerprint density at radius 2 is 1.77 bits per heavy atom. The van der Waals surface area contributed by atoms with E-state index in [0.29, 0.717) is 10.7 Å². The van der Waals surface area contributed by atoms with Gasteiger partial charge in [0, 0.05) is 21.0 Å². The fourth-order valence-electron chi connectivity index (χ4n) is 3.20. The second kappa shape index (κ2) is 6.83. The summed E-state index contributed by atoms with van der Waals surface area (Å²) in [5.41, 5.74) is 1.35. The molecule has 1 amide bonds. The molecule has 5 nitrogen and oxygen atoms in total. The standard InChI is InChI=1S/C18H15BrN2O3S2/c19-13-6-8-14(9-7-13)21-15-10-26(23,24)11-16(15)25-18(21)20-17(22)12-4-2-1-3-5-12/h1-9,15-16H,10-11H2/t15-,16-/m0/s1. The van der Waals surface area contributed by atoms with Gasteiger partial charge in [0.1, 0.15) is 0 Å². The monoisotopic (exact) mass is 450 g/mol. The molecule has 4 rings (SSSR count). The van der Waals surface area contributed by atoms with E-state index in [4.69, 9.17) is 0 Å². The van der Waals surface area contributed by atoms with Gasteiger partial charge in [0.2, 0.25) is 0 Å². The van der Waals surface area contributed by atoms with Crippen molar-refractivity contribution in [2.75, 3.05) is 16.4 Å². The van der Waals surface area contributed by atoms with Crippen molar-refractivity contribution in [2.45, 2.75) is 11.3 Å². The van der Waals surface area contributed by atoms with E-state index in [1.807, 2.05) is 35.2 Å². The van der Waals surface area contributed by atoms with E-state index in [1.54, 1.807) is 24.3 Å². The van der Waals surface area contributed by atoms with Crippen LogP contribution < -0.4 is 4.90 Å². The fourth-order valence-corrected chi connectivity index (χ4v) is 7.38. The number of carbonyl (C=O) groups excluding carboxylic acids is 1. The van der Waals surface area contributed by atoms with Gasteiger partial charge in [0.15, 0.2) is 15.0 Å². The summed E-state index contributed by atoms with van der Waals surface area (Å²) >= 11 is 4.79. The molecule has 26 heavy (non-hydrogen) atoms. The number of benzene rings is 2. The molecule has 2 heterocycles. The van der Waals surface area contributed by atoms with Crippen LogP contribution in [0, 0.1) is 0 Å². The van der Waals surface area contributed by atoms with Gasteiger partial charge in [-0.3, -0.25) is 4.79 Å². The maximum atomic E-state index is 12.5. The van der Waals surface area contributed by atoms with E-state index in [9.17, 15) is 13.2 Å². The average molecular weight is 451 g/mol. The first-order valence-corrected chi connectivity index (χ1v) is 11.5. The van der Waals surface area contributed by atoms with Crippen LogP contribution in [-0.2, 0) is 9.84 Å². The molecule has 2 aliphatic heterocycles. The first-order chi connectivity index (χ1) is 12.4. The van der Waals surface area contributed by atoms with Crippen molar-refractivity contribution in [3.63, 3.8) is 0 Å². The molecule has 134 valence electrons. The Kier molecular flexibility index (Phi) is 4.66. The van der Waals surface area contributed by atoms with Gasteiger partial charge >= 0.3 is 0 Å². The lowest BCUT2D eigenvalue weighted by molar-refractivity contribution is 0.100. The normalized spacial score (nSPS) is 25.4. The number of aliphatic imine (C=N–C) groups is 1. The predicted molar refractivity (Wildman–Crippen MR) is 109 cm³/mol. The third kappa shape index (κ3) is 3.45. The van der Waals surface area contributed by atoms with E-state index < -0.39 is 9.84 Å². The molecule has 0 bridgehead atoms. The number of hydrogen-bond donors (Lipinski definition) is 0. The molecule has 2 aromatic rings. The lowest BCUT2D eigenvalue weighted by Crippen LogP contribution is -2.37. The Hall–Kier alpha value is -1.64. The van der Waals surface area contributed by atoms with Gasteiger partial charge in [0.25, 0.3) is 5.91 Å². The van der Waals surface area contributed by atoms with Gasteiger partial charge in [-0.05, 0) is 36.4 Å². The van der Waals surface area contributed by atoms with Gasteiger partial charge in [-0.2, -0.15) is 4.99 Å². The maximum absolute atomic E-state index is 12.5. The Labute approximate surface area is 164 Å². The molecule has 0 saturated carbocycles. The second-order valence-corrected chi connectivity index (χ2v) is 10.5. The van der Waals surface area contributed by atoms with Crippen LogP contribution in [0.2, 0.25) is 0 Å². The molecule has 0 aromatic heterocycles. The summed E-state index contributed by atoms with van der Waals surface area (Å²) in [5, 5.41) is 0.456. The number of nitrogens with zero attached hydrogens (tertiary/aromatic N) is 2. The quantitative estimate of drug-likeness (QED) is 0.701. The van der Waals surface area contributed by atoms with Crippen LogP contribution >= 0.6 is 27.7 Å². The number of amides is 1. The van der Waals surface area contributed by atoms with Crippen LogP contribution in [0.5, 0.6) is 0 Å². The van der Waals surface area contributed by atoms with Crippen LogP contribution in [0.3, 0.4) is 0 Å². The lowest BCUT2D eigenvalue weighted by atomic mass is 10.2. The Morgan fingerprint density at radius 3 is 2.46 bits per heavy atom. The number of fused-ring (bicyclic) bond motifs is 1. The van der Waals surface area contributed by atoms with Crippen molar-refractivity contribution in [2.24, 2.45) is 4.99 Å². The minimum Gasteiger partial charge on any atom is -0.316 e. The number of thioether (sulfide) groups is 1. The largest absolute Gasteiger partial charge is 0.316 e. The van der Waals surface area contributed by atoms with Crippen molar-refractivity contribution >= 4 is 54.3 Å². The molecule has 0 aliphatic carbocycles. The predicted octanol–water partition coefficient (Wildman–Crippen LogP) is 3.36. The van der Waals surface area contributed by atoms with Gasteiger partial charge in [-0.25, -0.2) is 8.42 Å². The smallest absolute Gasteiger partial charge is 0.279 e. The molecule has 0 unspecified atom stereocenters. The van der Waals surface area contributed by atoms with Crippen molar-refractivity contribution in [1.82, 2.24) is 0 Å². The number of anilines is 1. The third-order valence-corrected chi connectivity index (χ3v) is 8.13. The zero-order valence-corrected chi connectivity index (χ0v) is 16.8. The van der Waals surface area contributed by atoms with Crippen molar-refractivity contribution in [3.8, 4) is 0 Å². The van der Waals surface area contributed by atoms with Crippen LogP contribution in [0.1, 0.15) is 10.4 Å². The van der Waals surface area contributed by atoms with E-state index >= 15 is 0 Å². The van der Waals surface area contributed by atoms with Gasteiger partial charge in [0.05, 0.1) is 17.5 Å². The van der Waals surface area contributed by atoms with Gasteiger partial charge < -0.3 is 4.90 Å². The number of amidine groups is 1. The zero-order chi connectivity index (χ0) is 18.3. The Balaban J connectivity index is 1.72. The highest BCUT2D eigenvalue weighted by Gasteiger charge is 2.49. The molecular weight excluding hydrogens is 436 g/mol. The van der Waals surface area contributed by atoms with Gasteiger partial charge in [-0.15, -0.1) is 0 Å². The second-order valence-electron chi connectivity index (χ2n) is 6.21. The summed E-state index contributed by atoms with van der Waals surface area (Å²) in [4.78, 5) is 18.7. The highest BCUT2D eigenvalue weighted by Crippen LogP contribution is 2.41. The number of rotatable bonds is 2. The van der Waals surface area contributed by atoms with E-state index in [-0.39, 0.29) is 28.7 Å². The first kappa shape index (κ1) is 17.8. The molecular formula is C18H15BrN2O3S2. The summed E-state index contributed by atoms with van der Waals surface area (Å²) in [6.07, 6.45) is 0. The summed E-state index contributed by atoms with van der Waals surface area (Å²) in [6, 6.07) is 16.3. The Bertz CT molecular complexity index is 975. The van der Waals surface area contributed by atoms with Crippen molar-refractivity contribution < 1.29 is 13.2 Å². The fraction of sp³-hybridized carbons (Fsp3) is 0.222. The van der Waals surface area contributed by atoms with Crippen LogP contribution in [-0.4, -0.2) is 42.3 Å². The van der Waals surface area contributed by atoms with E-state index in [0.717, 1.165) is 10.2 Å². The van der Waals surface area contributed by atoms with Gasteiger partial charge in [-0.1, -0.05) is 45.9 Å². The molecule has 2 aliphatic rings. The van der Waals surface area contributed by atoms with Crippen molar-refractivity contribution in [1.29, 1.82) is 0 Å². The van der Waals surface area contributed by atoms with E-state index in [1.165, 1.54) is 11.8 Å². The highest BCUT2D eigenvalue weighted by molar-refractivity contribution is 9.10. The highest BCUT2D eigenvalue weighted by atomic mass is 79.9. The molecule has 0 N–H and O–H groups in total. The van der Waals surface area contributed by atoms with E-state index in [2.05, 4.69) is 20.9 Å². The molecule has 2 fully saturated rings. The SMILES string of the molecule is O=C(N=C1S[C@H]2CS(=O)(=O)C[C@@H]2N1c1ccc(Br)cc1)c1ccccc1. The molecule has 2 atom stereocenters. The summed E-state index contributed by atoms with van der Waals surface area (Å²) in [7, 11) is -3.07. The average Bonchev–Trinajstić information content (AvgIpc) is 3.07. The number of sulfone groups is 1. The molecule has 0 radical (unpaired) electrons. The first-order valence-electron chi connectivity index (χ1n) is 8.03. The number of halogens is 1. The van der Waals surface area contributed by atoms with Crippen LogP contribution in [0.25, 0.3) is 0 Å². The van der Waals surface area contributed by atoms with Crippen LogP contribution in [0.4, 0.5) is 5.69 Å². The minimum absolute atomic E-state index is 0.0826. The lowest BCUT2D eigenvalue weighted by Gasteiger charge is -2.24. The Morgan fingerprint density at radius 1 is 1.08 bits per heavy atom. The van der Waals surface area contributed by atoms with Crippen LogP contribution in [0.15, 0.2) is 64.1 Å². The molecule has 8 heteroatoms. The topological polar surface area (TPSA) is 66.8 Å². The van der Waals surface area contributed by atoms with Crippen molar-refractivity contribution in [3.05, 3.63) is 64.6 Å². The third-order valence-electron chi connectivity index (χ3n) is 4.39. The number of hydrogen-bond acceptors (Lipinski definition) is 4. The minimum atomic E-state index is -3.07. The summed E-state index contributed by atoms with van der Waals surface area (Å²) < 4.78 is 25.1. The molecule has 2 saturated heterocycles. The zero-order valence-electron chi connectivity index (χ0n) is 13.6. The molecule has 0 spiro atoms. The summed E-state index contributed by atoms with van der Waals surface area (Å²) in [6.45, 7) is 0. The maximum Gasteiger partial charge on any atom is 0.279 e. The number of carbonyl (C=O) groups is 1.